The highest BCUT2D eigenvalue weighted by Crippen LogP contribution is 2.29. The van der Waals surface area contributed by atoms with Crippen LogP contribution < -0.4 is 10.1 Å². The molecule has 0 fully saturated rings. The third kappa shape index (κ3) is 3.81. The van der Waals surface area contributed by atoms with Crippen molar-refractivity contribution >= 4 is 27.5 Å². The summed E-state index contributed by atoms with van der Waals surface area (Å²) < 4.78 is 11.6. The molecule has 0 radical (unpaired) electrons. The summed E-state index contributed by atoms with van der Waals surface area (Å²) in [6, 6.07) is 14.4. The second-order valence-electron chi connectivity index (χ2n) is 5.75. The summed E-state index contributed by atoms with van der Waals surface area (Å²) in [4.78, 5) is 12.6. The molecule has 1 aromatic heterocycles. The van der Waals surface area contributed by atoms with Gasteiger partial charge in [-0.3, -0.25) is 4.79 Å². The molecule has 3 rings (SSSR count). The van der Waals surface area contributed by atoms with Crippen LogP contribution in [-0.2, 0) is 6.61 Å². The number of carbonyl (C=O) groups excluding carboxylic acids is 1. The molecular formula is C20H18BrNO4. The summed E-state index contributed by atoms with van der Waals surface area (Å²) >= 11 is 3.37. The zero-order chi connectivity index (χ0) is 18.7. The number of furan rings is 1. The van der Waals surface area contributed by atoms with Gasteiger partial charge in [-0.15, -0.1) is 0 Å². The Labute approximate surface area is 159 Å². The quantitative estimate of drug-likeness (QED) is 0.629. The van der Waals surface area contributed by atoms with Crippen molar-refractivity contribution in [3.05, 3.63) is 69.9 Å². The van der Waals surface area contributed by atoms with Crippen molar-refractivity contribution < 1.29 is 19.1 Å². The van der Waals surface area contributed by atoms with E-state index in [0.29, 0.717) is 28.5 Å². The Kier molecular flexibility index (Phi) is 5.44. The van der Waals surface area contributed by atoms with Crippen molar-refractivity contribution in [2.24, 2.45) is 0 Å². The van der Waals surface area contributed by atoms with Crippen molar-refractivity contribution in [3.63, 3.8) is 0 Å². The van der Waals surface area contributed by atoms with Crippen LogP contribution in [0.25, 0.3) is 11.3 Å². The van der Waals surface area contributed by atoms with Crippen LogP contribution in [0.5, 0.6) is 5.75 Å². The average Bonchev–Trinajstić information content (AvgIpc) is 3.10. The predicted octanol–water partition coefficient (Wildman–Crippen LogP) is 4.77. The van der Waals surface area contributed by atoms with Crippen LogP contribution >= 0.6 is 15.9 Å². The molecular weight excluding hydrogens is 398 g/mol. The first kappa shape index (κ1) is 18.2. The largest absolute Gasteiger partial charge is 0.496 e. The van der Waals surface area contributed by atoms with E-state index in [9.17, 15) is 4.79 Å². The van der Waals surface area contributed by atoms with E-state index < -0.39 is 0 Å². The molecule has 5 nitrogen and oxygen atoms in total. The maximum atomic E-state index is 12.6. The fraction of sp³-hybridized carbons (Fsp3) is 0.150. The van der Waals surface area contributed by atoms with E-state index >= 15 is 0 Å². The lowest BCUT2D eigenvalue weighted by Crippen LogP contribution is -2.13. The number of halogens is 1. The molecule has 0 saturated carbocycles. The van der Waals surface area contributed by atoms with Gasteiger partial charge >= 0.3 is 0 Å². The SMILES string of the molecule is COc1ccc(Br)cc1C(=O)Nc1ccc(-c2ccc(CO)o2)c(C)c1. The van der Waals surface area contributed by atoms with E-state index in [2.05, 4.69) is 21.2 Å². The van der Waals surface area contributed by atoms with Crippen LogP contribution in [0.1, 0.15) is 21.7 Å². The standard InChI is InChI=1S/C20H18BrNO4/c1-12-9-14(4-6-16(12)19-8-5-15(11-23)26-19)22-20(24)17-10-13(21)3-7-18(17)25-2/h3-10,23H,11H2,1-2H3,(H,22,24). The molecule has 0 aliphatic heterocycles. The topological polar surface area (TPSA) is 71.7 Å². The van der Waals surface area contributed by atoms with Crippen molar-refractivity contribution in [3.8, 4) is 17.1 Å². The van der Waals surface area contributed by atoms with Crippen molar-refractivity contribution in [1.82, 2.24) is 0 Å². The minimum absolute atomic E-state index is 0.137. The summed E-state index contributed by atoms with van der Waals surface area (Å²) in [5.74, 6) is 1.44. The van der Waals surface area contributed by atoms with E-state index in [1.54, 1.807) is 18.2 Å². The number of carbonyl (C=O) groups is 1. The number of hydrogen-bond donors (Lipinski definition) is 2. The van der Waals surface area contributed by atoms with Gasteiger partial charge in [0.25, 0.3) is 5.91 Å². The molecule has 0 aliphatic carbocycles. The fourth-order valence-electron chi connectivity index (χ4n) is 2.68. The molecule has 2 aromatic carbocycles. The molecule has 26 heavy (non-hydrogen) atoms. The molecule has 2 N–H and O–H groups in total. The molecule has 0 saturated heterocycles. The lowest BCUT2D eigenvalue weighted by atomic mass is 10.1. The summed E-state index contributed by atoms with van der Waals surface area (Å²) in [6.07, 6.45) is 0. The second-order valence-corrected chi connectivity index (χ2v) is 6.67. The number of aliphatic hydroxyl groups excluding tert-OH is 1. The van der Waals surface area contributed by atoms with Gasteiger partial charge in [0.05, 0.1) is 12.7 Å². The minimum atomic E-state index is -0.254. The summed E-state index contributed by atoms with van der Waals surface area (Å²) in [7, 11) is 1.53. The number of rotatable bonds is 5. The molecule has 1 amide bonds. The minimum Gasteiger partial charge on any atom is -0.496 e. The molecule has 3 aromatic rings. The Morgan fingerprint density at radius 1 is 1.19 bits per heavy atom. The number of benzene rings is 2. The van der Waals surface area contributed by atoms with Crippen LogP contribution in [0.2, 0.25) is 0 Å². The molecule has 6 heteroatoms. The first-order valence-corrected chi connectivity index (χ1v) is 8.76. The number of methoxy groups -OCH3 is 1. The molecule has 0 unspecified atom stereocenters. The highest BCUT2D eigenvalue weighted by molar-refractivity contribution is 9.10. The number of amides is 1. The van der Waals surface area contributed by atoms with Crippen LogP contribution in [0, 0.1) is 6.92 Å². The Morgan fingerprint density at radius 2 is 2.00 bits per heavy atom. The van der Waals surface area contributed by atoms with Gasteiger partial charge in [-0.2, -0.15) is 0 Å². The summed E-state index contributed by atoms with van der Waals surface area (Å²) in [5, 5.41) is 12.0. The van der Waals surface area contributed by atoms with Crippen molar-refractivity contribution in [2.45, 2.75) is 13.5 Å². The zero-order valence-electron chi connectivity index (χ0n) is 14.4. The maximum absolute atomic E-state index is 12.6. The number of aliphatic hydroxyl groups is 1. The van der Waals surface area contributed by atoms with Crippen LogP contribution in [0.4, 0.5) is 5.69 Å². The van der Waals surface area contributed by atoms with Gasteiger partial charge in [0, 0.05) is 15.7 Å². The highest BCUT2D eigenvalue weighted by atomic mass is 79.9. The fourth-order valence-corrected chi connectivity index (χ4v) is 3.04. The lowest BCUT2D eigenvalue weighted by molar-refractivity contribution is 0.102. The first-order chi connectivity index (χ1) is 12.5. The monoisotopic (exact) mass is 415 g/mol. The van der Waals surface area contributed by atoms with Gasteiger partial charge in [0.2, 0.25) is 0 Å². The second kappa shape index (κ2) is 7.76. The molecule has 1 heterocycles. The normalized spacial score (nSPS) is 10.6. The Morgan fingerprint density at radius 3 is 2.65 bits per heavy atom. The summed E-state index contributed by atoms with van der Waals surface area (Å²) in [5.41, 5.74) is 2.97. The first-order valence-electron chi connectivity index (χ1n) is 7.97. The highest BCUT2D eigenvalue weighted by Gasteiger charge is 2.14. The smallest absolute Gasteiger partial charge is 0.259 e. The maximum Gasteiger partial charge on any atom is 0.259 e. The number of anilines is 1. The van der Waals surface area contributed by atoms with Crippen molar-refractivity contribution in [1.29, 1.82) is 0 Å². The van der Waals surface area contributed by atoms with Gasteiger partial charge in [-0.1, -0.05) is 15.9 Å². The Hall–Kier alpha value is -2.57. The predicted molar refractivity (Wildman–Crippen MR) is 103 cm³/mol. The number of ether oxygens (including phenoxy) is 1. The Balaban J connectivity index is 1.84. The Bertz CT molecular complexity index is 949. The summed E-state index contributed by atoms with van der Waals surface area (Å²) in [6.45, 7) is 1.80. The molecule has 134 valence electrons. The number of nitrogens with one attached hydrogen (secondary N) is 1. The lowest BCUT2D eigenvalue weighted by Gasteiger charge is -2.11. The van der Waals surface area contributed by atoms with Crippen LogP contribution in [-0.4, -0.2) is 18.1 Å². The third-order valence-corrected chi connectivity index (χ3v) is 4.47. The van der Waals surface area contributed by atoms with Gasteiger partial charge in [0.15, 0.2) is 0 Å². The van der Waals surface area contributed by atoms with Crippen molar-refractivity contribution in [2.75, 3.05) is 12.4 Å². The number of hydrogen-bond acceptors (Lipinski definition) is 4. The van der Waals surface area contributed by atoms with Crippen LogP contribution in [0.15, 0.2) is 57.4 Å². The molecule has 0 aliphatic rings. The molecule has 0 bridgehead atoms. The third-order valence-electron chi connectivity index (χ3n) is 3.97. The van der Waals surface area contributed by atoms with E-state index in [1.165, 1.54) is 7.11 Å². The molecule has 0 atom stereocenters. The molecule has 0 spiro atoms. The average molecular weight is 416 g/mol. The van der Waals surface area contributed by atoms with Gasteiger partial charge < -0.3 is 19.6 Å². The van der Waals surface area contributed by atoms with E-state index in [1.807, 2.05) is 37.3 Å². The van der Waals surface area contributed by atoms with Crippen LogP contribution in [0.3, 0.4) is 0 Å². The van der Waals surface area contributed by atoms with E-state index in [0.717, 1.165) is 15.6 Å². The number of aryl methyl sites for hydroxylation is 1. The van der Waals surface area contributed by atoms with Gasteiger partial charge in [-0.05, 0) is 61.0 Å². The zero-order valence-corrected chi connectivity index (χ0v) is 16.0. The van der Waals surface area contributed by atoms with Gasteiger partial charge in [-0.25, -0.2) is 0 Å². The van der Waals surface area contributed by atoms with Gasteiger partial charge in [0.1, 0.15) is 23.9 Å². The van der Waals surface area contributed by atoms with E-state index in [-0.39, 0.29) is 12.5 Å². The van der Waals surface area contributed by atoms with E-state index in [4.69, 9.17) is 14.3 Å².